The zero-order valence-electron chi connectivity index (χ0n) is 27.9. The maximum absolute atomic E-state index is 12.0. The Kier molecular flexibility index (Phi) is 11.5. The fourth-order valence-electron chi connectivity index (χ4n) is 9.86. The fourth-order valence-corrected chi connectivity index (χ4v) is 10.1. The molecule has 3 N–H and O–H groups in total. The van der Waals surface area contributed by atoms with Gasteiger partial charge in [-0.25, -0.2) is 0 Å². The van der Waals surface area contributed by atoms with Gasteiger partial charge in [-0.1, -0.05) is 13.8 Å². The lowest BCUT2D eigenvalue weighted by atomic mass is 9.60. The van der Waals surface area contributed by atoms with Crippen LogP contribution in [-0.2, 0) is 14.2 Å². The van der Waals surface area contributed by atoms with E-state index in [9.17, 15) is 10.2 Å². The number of likely N-dealkylation sites (tertiary alicyclic amines) is 1. The summed E-state index contributed by atoms with van der Waals surface area (Å²) in [5.41, 5.74) is -1.45. The number of hydrogen-bond acceptors (Lipinski definition) is 7. The van der Waals surface area contributed by atoms with E-state index >= 15 is 0 Å². The number of piperidine rings is 2. The number of aliphatic hydroxyl groups is 2. The number of nitrogens with one attached hydrogen (secondary N) is 1. The van der Waals surface area contributed by atoms with Gasteiger partial charge in [0, 0.05) is 36.5 Å². The molecule has 3 aliphatic heterocycles. The van der Waals surface area contributed by atoms with Crippen LogP contribution in [0, 0.1) is 29.1 Å². The Morgan fingerprint density at radius 3 is 2.58 bits per heavy atom. The van der Waals surface area contributed by atoms with Crippen LogP contribution in [0.1, 0.15) is 112 Å². The summed E-state index contributed by atoms with van der Waals surface area (Å²) < 4.78 is 18.7. The lowest BCUT2D eigenvalue weighted by Gasteiger charge is -2.55. The van der Waals surface area contributed by atoms with Gasteiger partial charge >= 0.3 is 0 Å². The van der Waals surface area contributed by atoms with Crippen LogP contribution in [0.2, 0.25) is 0 Å². The first-order valence-electron chi connectivity index (χ1n) is 17.8. The zero-order chi connectivity index (χ0) is 30.8. The summed E-state index contributed by atoms with van der Waals surface area (Å²) in [6.07, 6.45) is 12.5. The van der Waals surface area contributed by atoms with Crippen molar-refractivity contribution in [2.45, 2.75) is 153 Å². The van der Waals surface area contributed by atoms with Gasteiger partial charge in [-0.2, -0.15) is 0 Å². The molecular formula is C35H63ClN2O5. The predicted molar refractivity (Wildman–Crippen MR) is 172 cm³/mol. The molecule has 8 atom stereocenters. The molecule has 0 aromatic rings. The number of aliphatic hydroxyl groups excluding tert-OH is 1. The average Bonchev–Trinajstić information content (AvgIpc) is 3.12. The average molecular weight is 627 g/mol. The topological polar surface area (TPSA) is 83.4 Å². The quantitative estimate of drug-likeness (QED) is 0.211. The van der Waals surface area contributed by atoms with Gasteiger partial charge in [0.2, 0.25) is 0 Å². The van der Waals surface area contributed by atoms with Crippen LogP contribution in [0.15, 0.2) is 0 Å². The summed E-state index contributed by atoms with van der Waals surface area (Å²) in [5, 5.41) is 26.7. The summed E-state index contributed by atoms with van der Waals surface area (Å²) in [5.74, 6) is 2.11. The number of alkyl halides is 1. The van der Waals surface area contributed by atoms with Crippen molar-refractivity contribution >= 4 is 11.6 Å². The molecule has 0 amide bonds. The number of halogens is 1. The minimum atomic E-state index is -0.926. The van der Waals surface area contributed by atoms with Crippen molar-refractivity contribution in [3.63, 3.8) is 0 Å². The molecule has 0 spiro atoms. The third-order valence-electron chi connectivity index (χ3n) is 12.3. The highest BCUT2D eigenvalue weighted by atomic mass is 35.5. The van der Waals surface area contributed by atoms with E-state index in [1.54, 1.807) is 0 Å². The van der Waals surface area contributed by atoms with E-state index < -0.39 is 17.5 Å². The molecule has 3 heterocycles. The summed E-state index contributed by atoms with van der Waals surface area (Å²) in [7, 11) is 0. The minimum Gasteiger partial charge on any atom is -0.389 e. The van der Waals surface area contributed by atoms with Gasteiger partial charge in [-0.15, -0.1) is 11.6 Å². The second kappa shape index (κ2) is 14.4. The first kappa shape index (κ1) is 34.3. The number of nitrogens with zero attached hydrogens (tertiary/aromatic N) is 1. The van der Waals surface area contributed by atoms with Gasteiger partial charge in [0.25, 0.3) is 0 Å². The van der Waals surface area contributed by atoms with E-state index in [2.05, 4.69) is 24.1 Å². The Hall–Kier alpha value is 0.01000. The minimum absolute atomic E-state index is 0.111. The molecule has 7 nitrogen and oxygen atoms in total. The molecule has 250 valence electrons. The standard InChI is InChI=1S/C35H63ClN2O5/c1-6-41-32(39)34(4,5)43-26-15-16-31-29(21-26)27(28-9-7-18-37-30(28)22-42-31)10-8-19-38-20-17-35(40,33(2,3)23-38)24-11-13-25(36)14-12-24/h24-32,37,39-40H,6-23H2,1-5H3/t24?,25?,26-,27?,28?,29+,30+,31?,32?,35?/m0/s1. The molecule has 0 aromatic carbocycles. The van der Waals surface area contributed by atoms with E-state index in [4.69, 9.17) is 25.8 Å². The van der Waals surface area contributed by atoms with Crippen molar-refractivity contribution < 1.29 is 24.4 Å². The molecule has 8 heteroatoms. The third kappa shape index (κ3) is 7.77. The number of ether oxygens (including phenoxy) is 3. The SMILES string of the molecule is CCOC(O)C(C)(C)O[C@H]1CCC2OC[C@H]3NCCCC3C(CCCN3CCC(O)(C4CCC(Cl)CC4)C(C)(C)C3)[C@H]2C1. The van der Waals surface area contributed by atoms with Crippen LogP contribution < -0.4 is 5.32 Å². The van der Waals surface area contributed by atoms with Gasteiger partial charge in [-0.05, 0) is 135 Å². The fraction of sp³-hybridized carbons (Fsp3) is 1.00. The smallest absolute Gasteiger partial charge is 0.183 e. The Morgan fingerprint density at radius 1 is 1.09 bits per heavy atom. The zero-order valence-corrected chi connectivity index (χ0v) is 28.6. The van der Waals surface area contributed by atoms with Gasteiger partial charge in [0.1, 0.15) is 5.60 Å². The van der Waals surface area contributed by atoms with Gasteiger partial charge in [-0.3, -0.25) is 0 Å². The summed E-state index contributed by atoms with van der Waals surface area (Å²) in [6.45, 7) is 15.8. The molecule has 0 radical (unpaired) electrons. The van der Waals surface area contributed by atoms with Crippen molar-refractivity contribution in [1.29, 1.82) is 0 Å². The van der Waals surface area contributed by atoms with Crippen LogP contribution in [0.4, 0.5) is 0 Å². The summed E-state index contributed by atoms with van der Waals surface area (Å²) in [4.78, 5) is 2.63. The highest BCUT2D eigenvalue weighted by Gasteiger charge is 2.52. The summed E-state index contributed by atoms with van der Waals surface area (Å²) in [6, 6.07) is 0.451. The van der Waals surface area contributed by atoms with Gasteiger partial charge in [0.15, 0.2) is 6.29 Å². The second-order valence-corrected chi connectivity index (χ2v) is 16.6. The molecule has 0 bridgehead atoms. The van der Waals surface area contributed by atoms with E-state index in [1.807, 2.05) is 20.8 Å². The molecule has 5 aliphatic rings. The number of rotatable bonds is 10. The highest BCUT2D eigenvalue weighted by molar-refractivity contribution is 6.20. The Labute approximate surface area is 267 Å². The van der Waals surface area contributed by atoms with Crippen molar-refractivity contribution in [1.82, 2.24) is 10.2 Å². The normalized spacial score (nSPS) is 41.6. The van der Waals surface area contributed by atoms with Crippen LogP contribution in [-0.4, -0.2) is 95.6 Å². The van der Waals surface area contributed by atoms with Gasteiger partial charge < -0.3 is 34.6 Å². The lowest BCUT2D eigenvalue weighted by molar-refractivity contribution is -0.240. The second-order valence-electron chi connectivity index (χ2n) is 16.0. The number of hydrogen-bond donors (Lipinski definition) is 3. The lowest BCUT2D eigenvalue weighted by Crippen LogP contribution is -2.61. The summed E-state index contributed by atoms with van der Waals surface area (Å²) >= 11 is 6.41. The maximum atomic E-state index is 12.0. The largest absolute Gasteiger partial charge is 0.389 e. The molecule has 5 rings (SSSR count). The van der Waals surface area contributed by atoms with E-state index in [1.165, 1.54) is 25.7 Å². The molecular weight excluding hydrogens is 564 g/mol. The van der Waals surface area contributed by atoms with Gasteiger partial charge in [0.05, 0.1) is 24.4 Å². The molecule has 2 saturated carbocycles. The van der Waals surface area contributed by atoms with Crippen molar-refractivity contribution in [3.8, 4) is 0 Å². The van der Waals surface area contributed by atoms with Crippen molar-refractivity contribution in [3.05, 3.63) is 0 Å². The Balaban J connectivity index is 1.21. The van der Waals surface area contributed by atoms with Crippen LogP contribution in [0.5, 0.6) is 0 Å². The van der Waals surface area contributed by atoms with Crippen LogP contribution >= 0.6 is 11.6 Å². The first-order chi connectivity index (χ1) is 20.4. The predicted octanol–water partition coefficient (Wildman–Crippen LogP) is 5.73. The van der Waals surface area contributed by atoms with Crippen molar-refractivity contribution in [2.75, 3.05) is 39.4 Å². The molecule has 5 unspecified atom stereocenters. The Morgan fingerprint density at radius 2 is 1.86 bits per heavy atom. The maximum Gasteiger partial charge on any atom is 0.183 e. The first-order valence-corrected chi connectivity index (χ1v) is 18.3. The molecule has 2 aliphatic carbocycles. The van der Waals surface area contributed by atoms with E-state index in [0.717, 1.165) is 84.2 Å². The third-order valence-corrected chi connectivity index (χ3v) is 12.8. The van der Waals surface area contributed by atoms with Crippen LogP contribution in [0.25, 0.3) is 0 Å². The number of fused-ring (bicyclic) bond motifs is 2. The van der Waals surface area contributed by atoms with E-state index in [-0.39, 0.29) is 16.9 Å². The molecule has 3 saturated heterocycles. The Bertz CT molecular complexity index is 882. The van der Waals surface area contributed by atoms with Crippen molar-refractivity contribution in [2.24, 2.45) is 29.1 Å². The highest BCUT2D eigenvalue weighted by Crippen LogP contribution is 2.49. The molecule has 43 heavy (non-hydrogen) atoms. The molecule has 5 fully saturated rings. The molecule has 0 aromatic heterocycles. The van der Waals surface area contributed by atoms with E-state index in [0.29, 0.717) is 42.4 Å². The monoisotopic (exact) mass is 626 g/mol. The van der Waals surface area contributed by atoms with Crippen LogP contribution in [0.3, 0.4) is 0 Å².